The molecule has 2 N–H and O–H groups in total. The summed E-state index contributed by atoms with van der Waals surface area (Å²) in [6, 6.07) is 7.10. The minimum Gasteiger partial charge on any atom is -0.352 e. The first-order valence-corrected chi connectivity index (χ1v) is 6.40. The zero-order valence-electron chi connectivity index (χ0n) is 10.5. The first-order chi connectivity index (χ1) is 8.72. The molecular formula is C14H18N2O2. The molecule has 1 aliphatic rings. The Labute approximate surface area is 107 Å². The molecule has 0 atom stereocenters. The molecule has 1 saturated carbocycles. The molecule has 0 aliphatic heterocycles. The Bertz CT molecular complexity index is 453. The first-order valence-electron chi connectivity index (χ1n) is 6.40. The second kappa shape index (κ2) is 5.67. The third kappa shape index (κ3) is 2.70. The van der Waals surface area contributed by atoms with E-state index in [2.05, 4.69) is 10.6 Å². The lowest BCUT2D eigenvalue weighted by Gasteiger charge is -2.24. The summed E-state index contributed by atoms with van der Waals surface area (Å²) in [4.78, 5) is 23.7. The molecule has 4 nitrogen and oxygen atoms in total. The van der Waals surface area contributed by atoms with Crippen LogP contribution in [0.15, 0.2) is 24.3 Å². The van der Waals surface area contributed by atoms with Gasteiger partial charge in [0.2, 0.25) is 5.91 Å². The predicted octanol–water partition coefficient (Wildman–Crippen LogP) is 2.17. The van der Waals surface area contributed by atoms with Crippen LogP contribution in [0.4, 0.5) is 5.69 Å². The van der Waals surface area contributed by atoms with Crippen molar-refractivity contribution in [3.63, 3.8) is 0 Å². The van der Waals surface area contributed by atoms with Crippen LogP contribution in [0, 0.1) is 5.92 Å². The van der Waals surface area contributed by atoms with E-state index in [1.165, 1.54) is 0 Å². The molecule has 1 aromatic rings. The Hall–Kier alpha value is -1.84. The molecule has 18 heavy (non-hydrogen) atoms. The summed E-state index contributed by atoms with van der Waals surface area (Å²) in [7, 11) is 0. The minimum absolute atomic E-state index is 0.0259. The van der Waals surface area contributed by atoms with Crippen molar-refractivity contribution in [1.82, 2.24) is 5.32 Å². The van der Waals surface area contributed by atoms with Crippen LogP contribution in [0.25, 0.3) is 0 Å². The van der Waals surface area contributed by atoms with Crippen LogP contribution in [-0.4, -0.2) is 18.4 Å². The number of hydrogen-bond donors (Lipinski definition) is 2. The fourth-order valence-corrected chi connectivity index (χ4v) is 1.95. The molecule has 96 valence electrons. The molecule has 0 heterocycles. The molecule has 1 aliphatic carbocycles. The quantitative estimate of drug-likeness (QED) is 0.855. The standard InChI is InChI=1S/C14H18N2O2/c1-2-15-14(18)11-8-3-4-9-12(11)16-13(17)10-6-5-7-10/h3-4,8-10H,2,5-7H2,1H3,(H,15,18)(H,16,17). The second-order valence-electron chi connectivity index (χ2n) is 4.52. The third-order valence-corrected chi connectivity index (χ3v) is 3.24. The van der Waals surface area contributed by atoms with E-state index in [-0.39, 0.29) is 17.7 Å². The number of anilines is 1. The van der Waals surface area contributed by atoms with Crippen LogP contribution in [0.2, 0.25) is 0 Å². The lowest BCUT2D eigenvalue weighted by molar-refractivity contribution is -0.122. The van der Waals surface area contributed by atoms with Gasteiger partial charge in [-0.15, -0.1) is 0 Å². The van der Waals surface area contributed by atoms with Crippen molar-refractivity contribution in [1.29, 1.82) is 0 Å². The fraction of sp³-hybridized carbons (Fsp3) is 0.429. The van der Waals surface area contributed by atoms with E-state index >= 15 is 0 Å². The molecule has 0 saturated heterocycles. The van der Waals surface area contributed by atoms with Gasteiger partial charge in [0.05, 0.1) is 11.3 Å². The van der Waals surface area contributed by atoms with Gasteiger partial charge in [-0.05, 0) is 31.9 Å². The second-order valence-corrected chi connectivity index (χ2v) is 4.52. The maximum Gasteiger partial charge on any atom is 0.253 e. The predicted molar refractivity (Wildman–Crippen MR) is 70.4 cm³/mol. The molecule has 1 aromatic carbocycles. The van der Waals surface area contributed by atoms with Gasteiger partial charge in [-0.3, -0.25) is 9.59 Å². The lowest BCUT2D eigenvalue weighted by Crippen LogP contribution is -2.30. The molecule has 2 amide bonds. The highest BCUT2D eigenvalue weighted by molar-refractivity contribution is 6.04. The minimum atomic E-state index is -0.151. The largest absolute Gasteiger partial charge is 0.352 e. The smallest absolute Gasteiger partial charge is 0.253 e. The van der Waals surface area contributed by atoms with Crippen LogP contribution in [0.5, 0.6) is 0 Å². The van der Waals surface area contributed by atoms with Gasteiger partial charge in [-0.25, -0.2) is 0 Å². The molecule has 0 bridgehead atoms. The first kappa shape index (κ1) is 12.6. The highest BCUT2D eigenvalue weighted by Gasteiger charge is 2.26. The Morgan fingerprint density at radius 2 is 2.00 bits per heavy atom. The Kier molecular flexibility index (Phi) is 3.97. The molecule has 0 spiro atoms. The third-order valence-electron chi connectivity index (χ3n) is 3.24. The zero-order valence-corrected chi connectivity index (χ0v) is 10.5. The topological polar surface area (TPSA) is 58.2 Å². The van der Waals surface area contributed by atoms with Crippen molar-refractivity contribution in [2.24, 2.45) is 5.92 Å². The number of benzene rings is 1. The van der Waals surface area contributed by atoms with Crippen LogP contribution >= 0.6 is 0 Å². The number of carbonyl (C=O) groups excluding carboxylic acids is 2. The lowest BCUT2D eigenvalue weighted by atomic mass is 9.85. The molecule has 4 heteroatoms. The van der Waals surface area contributed by atoms with Crippen molar-refractivity contribution >= 4 is 17.5 Å². The van der Waals surface area contributed by atoms with Crippen molar-refractivity contribution in [2.45, 2.75) is 26.2 Å². The molecule has 0 aromatic heterocycles. The SMILES string of the molecule is CCNC(=O)c1ccccc1NC(=O)C1CCC1. The average Bonchev–Trinajstić information content (AvgIpc) is 2.27. The maximum absolute atomic E-state index is 11.9. The average molecular weight is 246 g/mol. The van der Waals surface area contributed by atoms with Crippen molar-refractivity contribution in [2.75, 3.05) is 11.9 Å². The van der Waals surface area contributed by atoms with E-state index < -0.39 is 0 Å². The van der Waals surface area contributed by atoms with Crippen LogP contribution in [-0.2, 0) is 4.79 Å². The van der Waals surface area contributed by atoms with E-state index in [1.54, 1.807) is 18.2 Å². The zero-order chi connectivity index (χ0) is 13.0. The molecule has 2 rings (SSSR count). The molecule has 0 unspecified atom stereocenters. The van der Waals surface area contributed by atoms with Gasteiger partial charge in [0.25, 0.3) is 5.91 Å². The van der Waals surface area contributed by atoms with Crippen molar-refractivity contribution in [3.05, 3.63) is 29.8 Å². The van der Waals surface area contributed by atoms with Crippen molar-refractivity contribution in [3.8, 4) is 0 Å². The summed E-state index contributed by atoms with van der Waals surface area (Å²) in [5, 5.41) is 5.59. The molecule has 1 fully saturated rings. The Balaban J connectivity index is 2.11. The summed E-state index contributed by atoms with van der Waals surface area (Å²) in [5.41, 5.74) is 1.12. The normalized spacial score (nSPS) is 14.7. The summed E-state index contributed by atoms with van der Waals surface area (Å²) >= 11 is 0. The van der Waals surface area contributed by atoms with E-state index in [0.717, 1.165) is 19.3 Å². The van der Waals surface area contributed by atoms with Gasteiger partial charge in [-0.1, -0.05) is 18.6 Å². The molecular weight excluding hydrogens is 228 g/mol. The highest BCUT2D eigenvalue weighted by atomic mass is 16.2. The van der Waals surface area contributed by atoms with Gasteiger partial charge >= 0.3 is 0 Å². The number of carbonyl (C=O) groups is 2. The van der Waals surface area contributed by atoms with Crippen LogP contribution in [0.3, 0.4) is 0 Å². The summed E-state index contributed by atoms with van der Waals surface area (Å²) in [5.74, 6) is -0.00713. The van der Waals surface area contributed by atoms with Gasteiger partial charge in [0.1, 0.15) is 0 Å². The summed E-state index contributed by atoms with van der Waals surface area (Å²) in [6.07, 6.45) is 3.03. The summed E-state index contributed by atoms with van der Waals surface area (Å²) in [6.45, 7) is 2.44. The van der Waals surface area contributed by atoms with Gasteiger partial charge in [0.15, 0.2) is 0 Å². The fourth-order valence-electron chi connectivity index (χ4n) is 1.95. The Morgan fingerprint density at radius 3 is 2.61 bits per heavy atom. The van der Waals surface area contributed by atoms with Gasteiger partial charge in [-0.2, -0.15) is 0 Å². The summed E-state index contributed by atoms with van der Waals surface area (Å²) < 4.78 is 0. The monoisotopic (exact) mass is 246 g/mol. The number of rotatable bonds is 4. The number of hydrogen-bond acceptors (Lipinski definition) is 2. The van der Waals surface area contributed by atoms with Gasteiger partial charge < -0.3 is 10.6 Å². The van der Waals surface area contributed by atoms with Crippen molar-refractivity contribution < 1.29 is 9.59 Å². The van der Waals surface area contributed by atoms with Crippen LogP contribution < -0.4 is 10.6 Å². The van der Waals surface area contributed by atoms with E-state index in [4.69, 9.17) is 0 Å². The number of nitrogens with one attached hydrogen (secondary N) is 2. The number of para-hydroxylation sites is 1. The molecule has 0 radical (unpaired) electrons. The van der Waals surface area contributed by atoms with E-state index in [0.29, 0.717) is 17.8 Å². The van der Waals surface area contributed by atoms with E-state index in [1.807, 2.05) is 13.0 Å². The van der Waals surface area contributed by atoms with E-state index in [9.17, 15) is 9.59 Å². The maximum atomic E-state index is 11.9. The van der Waals surface area contributed by atoms with Crippen LogP contribution in [0.1, 0.15) is 36.5 Å². The number of amides is 2. The van der Waals surface area contributed by atoms with Gasteiger partial charge in [0, 0.05) is 12.5 Å². The Morgan fingerprint density at radius 1 is 1.28 bits per heavy atom. The highest BCUT2D eigenvalue weighted by Crippen LogP contribution is 2.28.